The van der Waals surface area contributed by atoms with Crippen LogP contribution < -0.4 is 0 Å². The number of thiophene rings is 1. The summed E-state index contributed by atoms with van der Waals surface area (Å²) in [4.78, 5) is 10.7. The van der Waals surface area contributed by atoms with Crippen LogP contribution in [0.3, 0.4) is 0 Å². The van der Waals surface area contributed by atoms with Crippen LogP contribution in [0.25, 0.3) is 10.1 Å². The number of hydrogen-bond donors (Lipinski definition) is 1. The van der Waals surface area contributed by atoms with E-state index in [0.717, 1.165) is 5.39 Å². The normalized spacial score (nSPS) is 10.7. The fourth-order valence-electron chi connectivity index (χ4n) is 1.22. The van der Waals surface area contributed by atoms with E-state index >= 15 is 0 Å². The Balaban J connectivity index is 2.88. The van der Waals surface area contributed by atoms with Gasteiger partial charge in [-0.25, -0.2) is 0 Å². The lowest BCUT2D eigenvalue weighted by molar-refractivity contribution is -0.385. The summed E-state index contributed by atoms with van der Waals surface area (Å²) in [6, 6.07) is 5.08. The lowest BCUT2D eigenvalue weighted by Crippen LogP contribution is -1.89. The fourth-order valence-corrected chi connectivity index (χ4v) is 2.82. The second-order valence-electron chi connectivity index (χ2n) is 2.66. The fraction of sp³-hybridized carbons (Fsp3) is 0. The number of halogens is 1. The largest absolute Gasteiger partial charge is 0.300 e. The van der Waals surface area contributed by atoms with Gasteiger partial charge in [0.15, 0.2) is 0 Å². The van der Waals surface area contributed by atoms with Crippen LogP contribution in [0.4, 0.5) is 5.69 Å². The highest BCUT2D eigenvalue weighted by Crippen LogP contribution is 2.39. The third-order valence-corrected chi connectivity index (χ3v) is 3.44. The number of fused-ring (bicyclic) bond motifs is 1. The van der Waals surface area contributed by atoms with E-state index in [0.29, 0.717) is 13.9 Å². The van der Waals surface area contributed by atoms with Gasteiger partial charge in [-0.15, -0.1) is 24.0 Å². The molecule has 0 spiro atoms. The smallest absolute Gasteiger partial charge is 0.258 e. The van der Waals surface area contributed by atoms with Gasteiger partial charge in [-0.2, -0.15) is 0 Å². The first kappa shape index (κ1) is 9.76. The zero-order chi connectivity index (χ0) is 10.3. The van der Waals surface area contributed by atoms with Gasteiger partial charge in [0.25, 0.3) is 5.69 Å². The maximum Gasteiger partial charge on any atom is 0.300 e. The molecule has 6 heteroatoms. The van der Waals surface area contributed by atoms with Crippen LogP contribution in [-0.2, 0) is 0 Å². The minimum absolute atomic E-state index is 0.0303. The molecule has 0 saturated carbocycles. The van der Waals surface area contributed by atoms with E-state index < -0.39 is 4.92 Å². The Morgan fingerprint density at radius 2 is 2.21 bits per heavy atom. The third-order valence-electron chi connectivity index (χ3n) is 1.79. The number of nitro groups is 1. The maximum atomic E-state index is 10.8. The molecule has 72 valence electrons. The number of thiol groups is 1. The van der Waals surface area contributed by atoms with Crippen molar-refractivity contribution in [3.63, 3.8) is 0 Å². The van der Waals surface area contributed by atoms with E-state index in [1.165, 1.54) is 11.3 Å². The van der Waals surface area contributed by atoms with E-state index in [9.17, 15) is 10.1 Å². The molecule has 0 radical (unpaired) electrons. The van der Waals surface area contributed by atoms with Crippen molar-refractivity contribution in [3.8, 4) is 0 Å². The molecule has 14 heavy (non-hydrogen) atoms. The van der Waals surface area contributed by atoms with E-state index in [-0.39, 0.29) is 5.69 Å². The molecule has 0 aliphatic rings. The Bertz CT molecular complexity index is 523. The Labute approximate surface area is 93.9 Å². The molecule has 0 saturated heterocycles. The number of hydrogen-bond acceptors (Lipinski definition) is 4. The van der Waals surface area contributed by atoms with Crippen molar-refractivity contribution in [1.29, 1.82) is 0 Å². The van der Waals surface area contributed by atoms with E-state index in [1.807, 2.05) is 0 Å². The molecule has 0 bridgehead atoms. The van der Waals surface area contributed by atoms with Crippen molar-refractivity contribution in [3.05, 3.63) is 32.6 Å². The molecule has 0 aliphatic heterocycles. The molecule has 0 atom stereocenters. The molecule has 0 unspecified atom stereocenters. The zero-order valence-electron chi connectivity index (χ0n) is 6.73. The van der Waals surface area contributed by atoms with Gasteiger partial charge in [0, 0.05) is 5.39 Å². The van der Waals surface area contributed by atoms with Gasteiger partial charge in [0.1, 0.15) is 4.70 Å². The number of nitro benzene ring substituents is 1. The summed E-state index contributed by atoms with van der Waals surface area (Å²) in [5.74, 6) is 0. The summed E-state index contributed by atoms with van der Waals surface area (Å²) in [5, 5.41) is 11.5. The highest BCUT2D eigenvalue weighted by Gasteiger charge is 2.18. The van der Waals surface area contributed by atoms with Gasteiger partial charge in [-0.3, -0.25) is 10.1 Å². The molecule has 0 aliphatic carbocycles. The average molecular weight is 246 g/mol. The second-order valence-corrected chi connectivity index (χ2v) is 4.82. The minimum atomic E-state index is -0.433. The highest BCUT2D eigenvalue weighted by molar-refractivity contribution is 7.80. The van der Waals surface area contributed by atoms with Crippen molar-refractivity contribution in [2.75, 3.05) is 0 Å². The van der Waals surface area contributed by atoms with Gasteiger partial charge in [-0.1, -0.05) is 17.7 Å². The molecule has 2 aromatic rings. The molecule has 1 heterocycles. The third kappa shape index (κ3) is 1.47. The van der Waals surface area contributed by atoms with Crippen LogP contribution in [0.2, 0.25) is 4.34 Å². The molecule has 0 N–H and O–H groups in total. The first-order valence-electron chi connectivity index (χ1n) is 3.65. The summed E-state index contributed by atoms with van der Waals surface area (Å²) in [5.41, 5.74) is 0.0303. The SMILES string of the molecule is O=[N+]([O-])c1c(S)ccc2cc(Cl)sc12. The first-order chi connectivity index (χ1) is 6.59. The summed E-state index contributed by atoms with van der Waals surface area (Å²) < 4.78 is 1.12. The van der Waals surface area contributed by atoms with Gasteiger partial charge in [0.05, 0.1) is 14.2 Å². The lowest BCUT2D eigenvalue weighted by atomic mass is 10.2. The topological polar surface area (TPSA) is 43.1 Å². The monoisotopic (exact) mass is 245 g/mol. The Morgan fingerprint density at radius 3 is 2.86 bits per heavy atom. The number of rotatable bonds is 1. The quantitative estimate of drug-likeness (QED) is 0.472. The standard InChI is InChI=1S/C8H4ClNO2S2/c9-6-3-4-1-2-5(13)7(10(11)12)8(4)14-6/h1-3,13H. The summed E-state index contributed by atoms with van der Waals surface area (Å²) in [6.07, 6.45) is 0. The Kier molecular flexibility index (Phi) is 2.38. The van der Waals surface area contributed by atoms with Gasteiger partial charge < -0.3 is 0 Å². The highest BCUT2D eigenvalue weighted by atomic mass is 35.5. The van der Waals surface area contributed by atoms with Gasteiger partial charge in [0.2, 0.25) is 0 Å². The lowest BCUT2D eigenvalue weighted by Gasteiger charge is -1.96. The molecule has 0 fully saturated rings. The molecule has 1 aromatic carbocycles. The average Bonchev–Trinajstić information content (AvgIpc) is 2.43. The van der Waals surface area contributed by atoms with Crippen molar-refractivity contribution in [1.82, 2.24) is 0 Å². The molecular formula is C8H4ClNO2S2. The molecular weight excluding hydrogens is 242 g/mol. The number of nitrogens with zero attached hydrogens (tertiary/aromatic N) is 1. The van der Waals surface area contributed by atoms with Crippen molar-refractivity contribution in [2.24, 2.45) is 0 Å². The Morgan fingerprint density at radius 1 is 1.50 bits per heavy atom. The van der Waals surface area contributed by atoms with Crippen LogP contribution in [0.15, 0.2) is 23.1 Å². The van der Waals surface area contributed by atoms with Crippen LogP contribution >= 0.6 is 35.6 Å². The summed E-state index contributed by atoms with van der Waals surface area (Å²) >= 11 is 11.0. The van der Waals surface area contributed by atoms with Crippen LogP contribution in [0.1, 0.15) is 0 Å². The van der Waals surface area contributed by atoms with Crippen LogP contribution in [-0.4, -0.2) is 4.92 Å². The summed E-state index contributed by atoms with van der Waals surface area (Å²) in [7, 11) is 0. The van der Waals surface area contributed by atoms with E-state index in [1.54, 1.807) is 18.2 Å². The summed E-state index contributed by atoms with van der Waals surface area (Å²) in [6.45, 7) is 0. The number of benzene rings is 1. The van der Waals surface area contributed by atoms with Crippen molar-refractivity contribution < 1.29 is 4.92 Å². The second kappa shape index (κ2) is 3.42. The molecule has 1 aromatic heterocycles. The Hall–Kier alpha value is -0.780. The minimum Gasteiger partial charge on any atom is -0.258 e. The molecule has 3 nitrogen and oxygen atoms in total. The predicted molar refractivity (Wildman–Crippen MR) is 60.7 cm³/mol. The molecule has 0 amide bonds. The van der Waals surface area contributed by atoms with Gasteiger partial charge >= 0.3 is 0 Å². The van der Waals surface area contributed by atoms with Crippen LogP contribution in [0, 0.1) is 10.1 Å². The maximum absolute atomic E-state index is 10.8. The van der Waals surface area contributed by atoms with Crippen molar-refractivity contribution in [2.45, 2.75) is 4.90 Å². The first-order valence-corrected chi connectivity index (χ1v) is 5.29. The zero-order valence-corrected chi connectivity index (χ0v) is 9.20. The van der Waals surface area contributed by atoms with Gasteiger partial charge in [-0.05, 0) is 12.1 Å². The van der Waals surface area contributed by atoms with Crippen LogP contribution in [0.5, 0.6) is 0 Å². The molecule has 2 rings (SSSR count). The van der Waals surface area contributed by atoms with E-state index in [4.69, 9.17) is 11.6 Å². The van der Waals surface area contributed by atoms with Crippen molar-refractivity contribution >= 4 is 51.3 Å². The predicted octanol–water partition coefficient (Wildman–Crippen LogP) is 3.75. The van der Waals surface area contributed by atoms with E-state index in [2.05, 4.69) is 12.6 Å².